The summed E-state index contributed by atoms with van der Waals surface area (Å²) in [6, 6.07) is 5.78. The van der Waals surface area contributed by atoms with E-state index in [0.717, 1.165) is 16.9 Å². The highest BCUT2D eigenvalue weighted by Crippen LogP contribution is 2.20. The van der Waals surface area contributed by atoms with Crippen LogP contribution in [0.3, 0.4) is 0 Å². The van der Waals surface area contributed by atoms with Crippen LogP contribution in [0.15, 0.2) is 23.3 Å². The topological polar surface area (TPSA) is 58.0 Å². The van der Waals surface area contributed by atoms with E-state index in [1.807, 2.05) is 25.1 Å². The Morgan fingerprint density at radius 3 is 2.92 bits per heavy atom. The smallest absolute Gasteiger partial charge is 0.122 e. The largest absolute Gasteiger partial charge is 0.496 e. The quantitative estimate of drug-likeness (QED) is 0.398. The van der Waals surface area contributed by atoms with Crippen LogP contribution in [0.25, 0.3) is 10.4 Å². The summed E-state index contributed by atoms with van der Waals surface area (Å²) in [5, 5.41) is 3.49. The van der Waals surface area contributed by atoms with E-state index < -0.39 is 0 Å². The number of rotatable bonds is 3. The van der Waals surface area contributed by atoms with Crippen LogP contribution >= 0.6 is 0 Å². The molecule has 0 radical (unpaired) electrons. The summed E-state index contributed by atoms with van der Waals surface area (Å²) in [6.07, 6.45) is 0. The molecule has 0 heterocycles. The monoisotopic (exact) mass is 177 g/mol. The highest BCUT2D eigenvalue weighted by molar-refractivity contribution is 5.36. The SMILES string of the molecule is COc1ccc(C)cc1CN=[N+]=[N-]. The molecule has 0 saturated carbocycles. The summed E-state index contributed by atoms with van der Waals surface area (Å²) in [5.74, 6) is 0.762. The molecule has 0 amide bonds. The predicted octanol–water partition coefficient (Wildman–Crippen LogP) is 2.81. The van der Waals surface area contributed by atoms with E-state index in [0.29, 0.717) is 6.54 Å². The fourth-order valence-electron chi connectivity index (χ4n) is 1.14. The van der Waals surface area contributed by atoms with Crippen molar-refractivity contribution in [2.45, 2.75) is 13.5 Å². The molecule has 0 fully saturated rings. The molecule has 0 N–H and O–H groups in total. The predicted molar refractivity (Wildman–Crippen MR) is 50.6 cm³/mol. The van der Waals surface area contributed by atoms with Gasteiger partial charge in [-0.15, -0.1) is 0 Å². The Labute approximate surface area is 76.8 Å². The summed E-state index contributed by atoms with van der Waals surface area (Å²) in [4.78, 5) is 2.71. The van der Waals surface area contributed by atoms with Crippen molar-refractivity contribution in [2.75, 3.05) is 7.11 Å². The maximum absolute atomic E-state index is 8.18. The van der Waals surface area contributed by atoms with Crippen molar-refractivity contribution in [2.24, 2.45) is 5.11 Å². The molecule has 68 valence electrons. The second kappa shape index (κ2) is 4.38. The number of benzene rings is 1. The summed E-state index contributed by atoms with van der Waals surface area (Å²) < 4.78 is 5.11. The Bertz CT molecular complexity index is 343. The van der Waals surface area contributed by atoms with Gasteiger partial charge in [-0.2, -0.15) is 0 Å². The summed E-state index contributed by atoms with van der Waals surface area (Å²) in [6.45, 7) is 2.32. The minimum Gasteiger partial charge on any atom is -0.496 e. The number of hydrogen-bond donors (Lipinski definition) is 0. The van der Waals surface area contributed by atoms with E-state index >= 15 is 0 Å². The van der Waals surface area contributed by atoms with Gasteiger partial charge in [-0.25, -0.2) is 0 Å². The molecule has 0 aromatic heterocycles. The van der Waals surface area contributed by atoms with Crippen LogP contribution in [0.4, 0.5) is 0 Å². The van der Waals surface area contributed by atoms with Gasteiger partial charge in [-0.1, -0.05) is 22.8 Å². The lowest BCUT2D eigenvalue weighted by molar-refractivity contribution is 0.409. The van der Waals surface area contributed by atoms with Gasteiger partial charge in [0, 0.05) is 10.5 Å². The Kier molecular flexibility index (Phi) is 3.17. The molecule has 4 heteroatoms. The molecule has 0 aliphatic heterocycles. The zero-order valence-electron chi connectivity index (χ0n) is 7.69. The molecule has 0 aliphatic carbocycles. The second-order valence-corrected chi connectivity index (χ2v) is 2.70. The Morgan fingerprint density at radius 1 is 1.54 bits per heavy atom. The fraction of sp³-hybridized carbons (Fsp3) is 0.333. The van der Waals surface area contributed by atoms with E-state index in [4.69, 9.17) is 10.3 Å². The van der Waals surface area contributed by atoms with Gasteiger partial charge in [0.1, 0.15) is 5.75 Å². The van der Waals surface area contributed by atoms with Crippen LogP contribution in [0.1, 0.15) is 11.1 Å². The normalized spacial score (nSPS) is 9.08. The number of azide groups is 1. The zero-order valence-corrected chi connectivity index (χ0v) is 7.69. The summed E-state index contributed by atoms with van der Waals surface area (Å²) in [7, 11) is 1.60. The molecule has 0 spiro atoms. The van der Waals surface area contributed by atoms with Gasteiger partial charge < -0.3 is 4.74 Å². The maximum Gasteiger partial charge on any atom is 0.122 e. The minimum atomic E-state index is 0.335. The van der Waals surface area contributed by atoms with Crippen LogP contribution in [-0.2, 0) is 6.54 Å². The Morgan fingerprint density at radius 2 is 2.31 bits per heavy atom. The first-order chi connectivity index (χ1) is 6.27. The van der Waals surface area contributed by atoms with Gasteiger partial charge in [0.25, 0.3) is 0 Å². The van der Waals surface area contributed by atoms with Gasteiger partial charge in [0.2, 0.25) is 0 Å². The number of methoxy groups -OCH3 is 1. The lowest BCUT2D eigenvalue weighted by Gasteiger charge is -2.06. The highest BCUT2D eigenvalue weighted by Gasteiger charge is 2.00. The molecular weight excluding hydrogens is 166 g/mol. The van der Waals surface area contributed by atoms with Gasteiger partial charge in [0.15, 0.2) is 0 Å². The van der Waals surface area contributed by atoms with Crippen molar-refractivity contribution >= 4 is 0 Å². The lowest BCUT2D eigenvalue weighted by atomic mass is 10.1. The first kappa shape index (κ1) is 9.42. The van der Waals surface area contributed by atoms with Crippen molar-refractivity contribution in [3.63, 3.8) is 0 Å². The lowest BCUT2D eigenvalue weighted by Crippen LogP contribution is -1.90. The first-order valence-corrected chi connectivity index (χ1v) is 3.92. The van der Waals surface area contributed by atoms with Crippen molar-refractivity contribution in [3.05, 3.63) is 39.8 Å². The van der Waals surface area contributed by atoms with Crippen LogP contribution in [0.5, 0.6) is 5.75 Å². The Balaban J connectivity index is 3.00. The standard InChI is InChI=1S/C9H11N3O/c1-7-3-4-9(13-2)8(5-7)6-11-12-10/h3-5H,6H2,1-2H3. The number of ether oxygens (including phenoxy) is 1. The highest BCUT2D eigenvalue weighted by atomic mass is 16.5. The molecule has 1 aromatic rings. The molecule has 0 saturated heterocycles. The van der Waals surface area contributed by atoms with Gasteiger partial charge in [-0.3, -0.25) is 0 Å². The van der Waals surface area contributed by atoms with E-state index in [1.54, 1.807) is 7.11 Å². The van der Waals surface area contributed by atoms with E-state index in [-0.39, 0.29) is 0 Å². The third-order valence-corrected chi connectivity index (χ3v) is 1.74. The number of nitrogens with zero attached hydrogens (tertiary/aromatic N) is 3. The maximum atomic E-state index is 8.18. The molecule has 1 rings (SSSR count). The molecule has 0 atom stereocenters. The van der Waals surface area contributed by atoms with Gasteiger partial charge >= 0.3 is 0 Å². The first-order valence-electron chi connectivity index (χ1n) is 3.92. The van der Waals surface area contributed by atoms with Gasteiger partial charge in [-0.05, 0) is 18.5 Å². The van der Waals surface area contributed by atoms with Crippen LogP contribution in [-0.4, -0.2) is 7.11 Å². The van der Waals surface area contributed by atoms with Crippen molar-refractivity contribution < 1.29 is 4.74 Å². The molecule has 0 aliphatic rings. The zero-order chi connectivity index (χ0) is 9.68. The van der Waals surface area contributed by atoms with Crippen molar-refractivity contribution in [3.8, 4) is 5.75 Å². The molecule has 4 nitrogen and oxygen atoms in total. The average Bonchev–Trinajstić information content (AvgIpc) is 2.15. The fourth-order valence-corrected chi connectivity index (χ4v) is 1.14. The number of aryl methyl sites for hydroxylation is 1. The second-order valence-electron chi connectivity index (χ2n) is 2.70. The molecular formula is C9H11N3O. The average molecular weight is 177 g/mol. The molecule has 0 unspecified atom stereocenters. The molecule has 0 bridgehead atoms. The summed E-state index contributed by atoms with van der Waals surface area (Å²) in [5.41, 5.74) is 10.2. The molecule has 13 heavy (non-hydrogen) atoms. The number of hydrogen-bond acceptors (Lipinski definition) is 2. The molecule has 1 aromatic carbocycles. The van der Waals surface area contributed by atoms with Crippen molar-refractivity contribution in [1.82, 2.24) is 0 Å². The third kappa shape index (κ3) is 2.39. The van der Waals surface area contributed by atoms with Crippen LogP contribution < -0.4 is 4.74 Å². The van der Waals surface area contributed by atoms with Gasteiger partial charge in [0.05, 0.1) is 13.7 Å². The van der Waals surface area contributed by atoms with Crippen LogP contribution in [0.2, 0.25) is 0 Å². The van der Waals surface area contributed by atoms with E-state index in [1.165, 1.54) is 0 Å². The van der Waals surface area contributed by atoms with Crippen LogP contribution in [0, 0.1) is 6.92 Å². The van der Waals surface area contributed by atoms with E-state index in [9.17, 15) is 0 Å². The van der Waals surface area contributed by atoms with E-state index in [2.05, 4.69) is 10.0 Å². The summed E-state index contributed by atoms with van der Waals surface area (Å²) >= 11 is 0. The third-order valence-electron chi connectivity index (χ3n) is 1.74. The van der Waals surface area contributed by atoms with Crippen molar-refractivity contribution in [1.29, 1.82) is 0 Å². The Hall–Kier alpha value is -1.67. The minimum absolute atomic E-state index is 0.335.